The summed E-state index contributed by atoms with van der Waals surface area (Å²) < 4.78 is 22.8. The highest BCUT2D eigenvalue weighted by molar-refractivity contribution is 7.90. The van der Waals surface area contributed by atoms with Crippen LogP contribution in [0.4, 0.5) is 5.69 Å². The minimum Gasteiger partial charge on any atom is -0.325 e. The SMILES string of the molecule is CCC(C)C(N)C(=O)Nc1cccc(S(C)(=O)=O)c1.Cl. The molecule has 7 heteroatoms. The molecule has 0 radical (unpaired) electrons. The van der Waals surface area contributed by atoms with Crippen molar-refractivity contribution in [2.75, 3.05) is 11.6 Å². The van der Waals surface area contributed by atoms with Gasteiger partial charge in [-0.1, -0.05) is 26.3 Å². The zero-order valence-corrected chi connectivity index (χ0v) is 13.4. The van der Waals surface area contributed by atoms with Gasteiger partial charge in [-0.05, 0) is 24.1 Å². The van der Waals surface area contributed by atoms with Crippen LogP contribution in [0, 0.1) is 5.92 Å². The third-order valence-electron chi connectivity index (χ3n) is 3.09. The molecule has 20 heavy (non-hydrogen) atoms. The van der Waals surface area contributed by atoms with Crippen molar-refractivity contribution < 1.29 is 13.2 Å². The Morgan fingerprint density at radius 1 is 1.40 bits per heavy atom. The number of nitrogens with one attached hydrogen (secondary N) is 1. The minimum atomic E-state index is -3.28. The lowest BCUT2D eigenvalue weighted by atomic mass is 9.99. The molecule has 1 aromatic rings. The van der Waals surface area contributed by atoms with Crippen molar-refractivity contribution >= 4 is 33.8 Å². The van der Waals surface area contributed by atoms with Crippen molar-refractivity contribution in [1.29, 1.82) is 0 Å². The number of amides is 1. The predicted octanol–water partition coefficient (Wildman–Crippen LogP) is 1.82. The number of benzene rings is 1. The quantitative estimate of drug-likeness (QED) is 0.866. The smallest absolute Gasteiger partial charge is 0.241 e. The molecule has 1 aromatic carbocycles. The van der Waals surface area contributed by atoms with Crippen LogP contribution in [0.1, 0.15) is 20.3 Å². The van der Waals surface area contributed by atoms with Gasteiger partial charge in [0.05, 0.1) is 10.9 Å². The van der Waals surface area contributed by atoms with Crippen molar-refractivity contribution in [1.82, 2.24) is 0 Å². The second kappa shape index (κ2) is 7.61. The van der Waals surface area contributed by atoms with Crippen LogP contribution in [-0.4, -0.2) is 26.6 Å². The van der Waals surface area contributed by atoms with E-state index in [9.17, 15) is 13.2 Å². The van der Waals surface area contributed by atoms with E-state index in [1.54, 1.807) is 12.1 Å². The van der Waals surface area contributed by atoms with Crippen LogP contribution in [-0.2, 0) is 14.6 Å². The Kier molecular flexibility index (Phi) is 7.19. The van der Waals surface area contributed by atoms with Gasteiger partial charge in [0.15, 0.2) is 9.84 Å². The monoisotopic (exact) mass is 320 g/mol. The Balaban J connectivity index is 0.00000361. The first-order chi connectivity index (χ1) is 8.75. The van der Waals surface area contributed by atoms with E-state index in [1.165, 1.54) is 12.1 Å². The Morgan fingerprint density at radius 2 is 2.00 bits per heavy atom. The Labute approximate surface area is 126 Å². The molecule has 5 nitrogen and oxygen atoms in total. The highest BCUT2D eigenvalue weighted by Gasteiger charge is 2.19. The van der Waals surface area contributed by atoms with Crippen LogP contribution in [0.25, 0.3) is 0 Å². The molecule has 0 saturated heterocycles. The molecule has 0 heterocycles. The predicted molar refractivity (Wildman–Crippen MR) is 82.9 cm³/mol. The average molecular weight is 321 g/mol. The summed E-state index contributed by atoms with van der Waals surface area (Å²) in [6, 6.07) is 5.53. The van der Waals surface area contributed by atoms with Gasteiger partial charge in [0, 0.05) is 11.9 Å². The molecule has 3 N–H and O–H groups in total. The first-order valence-electron chi connectivity index (χ1n) is 6.12. The van der Waals surface area contributed by atoms with Gasteiger partial charge in [-0.25, -0.2) is 8.42 Å². The number of hydrogen-bond donors (Lipinski definition) is 2. The molecule has 2 atom stereocenters. The first kappa shape index (κ1) is 18.9. The normalized spacial score (nSPS) is 14.0. The largest absolute Gasteiger partial charge is 0.325 e. The van der Waals surface area contributed by atoms with Crippen LogP contribution < -0.4 is 11.1 Å². The molecule has 1 amide bonds. The van der Waals surface area contributed by atoms with Gasteiger partial charge in [-0.3, -0.25) is 4.79 Å². The summed E-state index contributed by atoms with van der Waals surface area (Å²) in [7, 11) is -3.28. The van der Waals surface area contributed by atoms with Crippen molar-refractivity contribution in [3.8, 4) is 0 Å². The van der Waals surface area contributed by atoms with Crippen LogP contribution in [0.15, 0.2) is 29.2 Å². The molecule has 1 rings (SSSR count). The van der Waals surface area contributed by atoms with E-state index in [2.05, 4.69) is 5.32 Å². The first-order valence-corrected chi connectivity index (χ1v) is 8.01. The van der Waals surface area contributed by atoms with Crippen LogP contribution >= 0.6 is 12.4 Å². The molecule has 2 unspecified atom stereocenters. The van der Waals surface area contributed by atoms with Gasteiger partial charge < -0.3 is 11.1 Å². The van der Waals surface area contributed by atoms with Crippen LogP contribution in [0.3, 0.4) is 0 Å². The maximum Gasteiger partial charge on any atom is 0.241 e. The fourth-order valence-electron chi connectivity index (χ4n) is 1.54. The van der Waals surface area contributed by atoms with Gasteiger partial charge in [0.25, 0.3) is 0 Å². The lowest BCUT2D eigenvalue weighted by molar-refractivity contribution is -0.118. The van der Waals surface area contributed by atoms with Crippen LogP contribution in [0.5, 0.6) is 0 Å². The topological polar surface area (TPSA) is 89.3 Å². The number of sulfone groups is 1. The van der Waals surface area contributed by atoms with E-state index in [1.807, 2.05) is 13.8 Å². The van der Waals surface area contributed by atoms with Gasteiger partial charge in [0.2, 0.25) is 5.91 Å². The van der Waals surface area contributed by atoms with Gasteiger partial charge in [-0.15, -0.1) is 12.4 Å². The van der Waals surface area contributed by atoms with Crippen LogP contribution in [0.2, 0.25) is 0 Å². The van der Waals surface area contributed by atoms with E-state index in [0.717, 1.165) is 12.7 Å². The molecule has 0 aliphatic carbocycles. The van der Waals surface area contributed by atoms with E-state index in [0.29, 0.717) is 5.69 Å². The molecule has 0 aliphatic heterocycles. The molecular weight excluding hydrogens is 300 g/mol. The van der Waals surface area contributed by atoms with Crippen molar-refractivity contribution in [2.45, 2.75) is 31.2 Å². The number of carbonyl (C=O) groups is 1. The zero-order valence-electron chi connectivity index (χ0n) is 11.8. The molecule has 0 fully saturated rings. The highest BCUT2D eigenvalue weighted by atomic mass is 35.5. The third kappa shape index (κ3) is 5.11. The molecule has 114 valence electrons. The Morgan fingerprint density at radius 3 is 2.50 bits per heavy atom. The average Bonchev–Trinajstić information content (AvgIpc) is 2.36. The number of hydrogen-bond acceptors (Lipinski definition) is 4. The van der Waals surface area contributed by atoms with E-state index in [-0.39, 0.29) is 29.1 Å². The van der Waals surface area contributed by atoms with Crippen molar-refractivity contribution in [3.63, 3.8) is 0 Å². The van der Waals surface area contributed by atoms with Gasteiger partial charge in [-0.2, -0.15) is 0 Å². The summed E-state index contributed by atoms with van der Waals surface area (Å²) in [4.78, 5) is 12.1. The highest BCUT2D eigenvalue weighted by Crippen LogP contribution is 2.16. The maximum absolute atomic E-state index is 11.9. The Hall–Kier alpha value is -1.11. The molecule has 0 aromatic heterocycles. The Bertz CT molecular complexity index is 560. The lowest BCUT2D eigenvalue weighted by Crippen LogP contribution is -2.40. The molecular formula is C13H21ClN2O3S. The van der Waals surface area contributed by atoms with E-state index < -0.39 is 15.9 Å². The number of nitrogens with two attached hydrogens (primary N) is 1. The summed E-state index contributed by atoms with van der Waals surface area (Å²) in [6.45, 7) is 3.86. The fourth-order valence-corrected chi connectivity index (χ4v) is 2.21. The molecule has 0 aliphatic rings. The summed E-state index contributed by atoms with van der Waals surface area (Å²) in [5.74, 6) is -0.238. The van der Waals surface area contributed by atoms with Crippen molar-refractivity contribution in [3.05, 3.63) is 24.3 Å². The van der Waals surface area contributed by atoms with E-state index in [4.69, 9.17) is 5.73 Å². The number of carbonyl (C=O) groups excluding carboxylic acids is 1. The lowest BCUT2D eigenvalue weighted by Gasteiger charge is -2.17. The summed E-state index contributed by atoms with van der Waals surface area (Å²) in [5.41, 5.74) is 6.25. The second-order valence-corrected chi connectivity index (χ2v) is 6.72. The standard InChI is InChI=1S/C13H20N2O3S.ClH/c1-4-9(2)12(14)13(16)15-10-6-5-7-11(8-10)19(3,17)18;/h5-9,12H,4,14H2,1-3H3,(H,15,16);1H. The second-order valence-electron chi connectivity index (χ2n) is 4.70. The zero-order chi connectivity index (χ0) is 14.6. The van der Waals surface area contributed by atoms with E-state index >= 15 is 0 Å². The molecule has 0 spiro atoms. The van der Waals surface area contributed by atoms with Crippen molar-refractivity contribution in [2.24, 2.45) is 11.7 Å². The molecule has 0 bridgehead atoms. The number of halogens is 1. The number of rotatable bonds is 5. The maximum atomic E-state index is 11.9. The number of anilines is 1. The fraction of sp³-hybridized carbons (Fsp3) is 0.462. The van der Waals surface area contributed by atoms with Gasteiger partial charge >= 0.3 is 0 Å². The minimum absolute atomic E-state index is 0. The molecule has 0 saturated carbocycles. The summed E-state index contributed by atoms with van der Waals surface area (Å²) in [5, 5.41) is 2.64. The third-order valence-corrected chi connectivity index (χ3v) is 4.20. The summed E-state index contributed by atoms with van der Waals surface area (Å²) in [6.07, 6.45) is 1.93. The summed E-state index contributed by atoms with van der Waals surface area (Å²) >= 11 is 0. The van der Waals surface area contributed by atoms with Gasteiger partial charge in [0.1, 0.15) is 0 Å².